The number of rotatable bonds is 4. The number of carbonyl (C=O) groups is 1. The molecule has 0 saturated heterocycles. The number of nitrogens with one attached hydrogen (secondary N) is 2. The highest BCUT2D eigenvalue weighted by molar-refractivity contribution is 6.10. The van der Waals surface area contributed by atoms with Crippen molar-refractivity contribution in [2.24, 2.45) is 5.73 Å². The molecule has 0 fully saturated rings. The van der Waals surface area contributed by atoms with Crippen molar-refractivity contribution >= 4 is 39.1 Å². The topological polar surface area (TPSA) is 97.1 Å². The van der Waals surface area contributed by atoms with Gasteiger partial charge in [0.15, 0.2) is 0 Å². The van der Waals surface area contributed by atoms with Crippen LogP contribution in [0.1, 0.15) is 6.92 Å². The number of hydrogen-bond acceptors (Lipinski definition) is 3. The summed E-state index contributed by atoms with van der Waals surface area (Å²) < 4.78 is 2.27. The number of amides is 2. The molecule has 0 atom stereocenters. The molecule has 0 saturated carbocycles. The molecule has 0 aliphatic carbocycles. The Morgan fingerprint density at radius 1 is 0.964 bits per heavy atom. The zero-order valence-electron chi connectivity index (χ0n) is 15.6. The molecular weight excluding hydrogens is 350 g/mol. The number of nitrogen functional groups attached to an aromatic ring is 1. The maximum atomic E-state index is 11.0. The molecule has 28 heavy (non-hydrogen) atoms. The van der Waals surface area contributed by atoms with Crippen LogP contribution >= 0.6 is 0 Å². The fraction of sp³-hybridized carbons (Fsp3) is 0.0909. The van der Waals surface area contributed by atoms with Crippen LogP contribution in [0.15, 0.2) is 66.7 Å². The predicted octanol–water partition coefficient (Wildman–Crippen LogP) is 3.54. The molecule has 6 heteroatoms. The number of primary amides is 1. The number of aryl methyl sites for hydroxylation is 1. The highest BCUT2D eigenvalue weighted by atomic mass is 16.2. The van der Waals surface area contributed by atoms with E-state index in [1.54, 1.807) is 0 Å². The minimum atomic E-state index is -0.637. The van der Waals surface area contributed by atoms with Gasteiger partial charge >= 0.3 is 6.03 Å². The minimum absolute atomic E-state index is 0.637. The Bertz CT molecular complexity index is 1190. The molecule has 0 spiro atoms. The monoisotopic (exact) mass is 372 g/mol. The van der Waals surface area contributed by atoms with Crippen LogP contribution in [-0.2, 0) is 6.54 Å². The second-order valence-electron chi connectivity index (χ2n) is 6.61. The maximum Gasteiger partial charge on any atom is 0.330 e. The third-order valence-corrected chi connectivity index (χ3v) is 4.84. The third kappa shape index (κ3) is 3.05. The molecule has 3 aromatic carbocycles. The Labute approximate surface area is 162 Å². The Morgan fingerprint density at radius 3 is 2.43 bits per heavy atom. The van der Waals surface area contributed by atoms with Crippen LogP contribution in [0.2, 0.25) is 0 Å². The first-order valence-corrected chi connectivity index (χ1v) is 9.14. The summed E-state index contributed by atoms with van der Waals surface area (Å²) in [5, 5.41) is 3.35. The average molecular weight is 372 g/mol. The Balaban J connectivity index is 2.08. The number of fused-ring (bicyclic) bond motifs is 3. The number of urea groups is 1. The highest BCUT2D eigenvalue weighted by Crippen LogP contribution is 2.33. The van der Waals surface area contributed by atoms with Gasteiger partial charge in [-0.05, 0) is 43.3 Å². The molecular formula is C22H22N5O+. The number of benzene rings is 3. The van der Waals surface area contributed by atoms with E-state index in [4.69, 9.17) is 11.5 Å². The van der Waals surface area contributed by atoms with Crippen LogP contribution in [0.4, 0.5) is 16.2 Å². The van der Waals surface area contributed by atoms with E-state index in [0.717, 1.165) is 50.9 Å². The number of pyridine rings is 1. The van der Waals surface area contributed by atoms with Crippen molar-refractivity contribution in [2.45, 2.75) is 13.5 Å². The van der Waals surface area contributed by atoms with Gasteiger partial charge in [-0.25, -0.2) is 4.79 Å². The van der Waals surface area contributed by atoms with Crippen molar-refractivity contribution < 1.29 is 9.36 Å². The normalized spacial score (nSPS) is 10.9. The maximum absolute atomic E-state index is 11.0. The van der Waals surface area contributed by atoms with Gasteiger partial charge in [-0.1, -0.05) is 24.3 Å². The van der Waals surface area contributed by atoms with Crippen molar-refractivity contribution in [3.63, 3.8) is 0 Å². The predicted molar refractivity (Wildman–Crippen MR) is 114 cm³/mol. The first kappa shape index (κ1) is 17.6. The van der Waals surface area contributed by atoms with E-state index < -0.39 is 6.03 Å². The number of anilines is 2. The molecule has 0 bridgehead atoms. The number of nitrogens with zero attached hydrogens (tertiary/aromatic N) is 1. The van der Waals surface area contributed by atoms with Crippen molar-refractivity contribution in [1.82, 2.24) is 5.43 Å². The zero-order valence-corrected chi connectivity index (χ0v) is 15.6. The molecule has 6 N–H and O–H groups in total. The van der Waals surface area contributed by atoms with E-state index in [-0.39, 0.29) is 0 Å². The van der Waals surface area contributed by atoms with Crippen LogP contribution in [-0.4, -0.2) is 6.03 Å². The van der Waals surface area contributed by atoms with Gasteiger partial charge in [0.25, 0.3) is 0 Å². The quantitative estimate of drug-likeness (QED) is 0.191. The first-order chi connectivity index (χ1) is 13.6. The lowest BCUT2D eigenvalue weighted by Crippen LogP contribution is -2.37. The summed E-state index contributed by atoms with van der Waals surface area (Å²) in [6.45, 7) is 2.89. The number of hydrogen-bond donors (Lipinski definition) is 4. The summed E-state index contributed by atoms with van der Waals surface area (Å²) >= 11 is 0. The molecule has 0 unspecified atom stereocenters. The first-order valence-electron chi connectivity index (χ1n) is 9.14. The van der Waals surface area contributed by atoms with E-state index >= 15 is 0 Å². The number of aromatic nitrogens is 1. The minimum Gasteiger partial charge on any atom is -0.399 e. The van der Waals surface area contributed by atoms with Crippen LogP contribution < -0.4 is 26.9 Å². The summed E-state index contributed by atoms with van der Waals surface area (Å²) in [5.74, 6) is 0. The third-order valence-electron chi connectivity index (χ3n) is 4.84. The molecule has 1 aromatic heterocycles. The summed E-state index contributed by atoms with van der Waals surface area (Å²) in [7, 11) is 0. The van der Waals surface area contributed by atoms with Gasteiger partial charge in [0.2, 0.25) is 11.2 Å². The average Bonchev–Trinajstić information content (AvgIpc) is 2.71. The fourth-order valence-corrected chi connectivity index (χ4v) is 3.69. The Hall–Kier alpha value is -3.80. The van der Waals surface area contributed by atoms with E-state index in [9.17, 15) is 4.79 Å². The van der Waals surface area contributed by atoms with Gasteiger partial charge < -0.3 is 11.5 Å². The van der Waals surface area contributed by atoms with Crippen molar-refractivity contribution in [3.8, 4) is 11.3 Å². The summed E-state index contributed by atoms with van der Waals surface area (Å²) in [5.41, 5.74) is 21.3. The van der Waals surface area contributed by atoms with Crippen molar-refractivity contribution in [1.29, 1.82) is 0 Å². The fourth-order valence-electron chi connectivity index (χ4n) is 3.69. The Morgan fingerprint density at radius 2 is 1.71 bits per heavy atom. The molecule has 1 heterocycles. The van der Waals surface area contributed by atoms with Gasteiger partial charge in [0, 0.05) is 22.7 Å². The SMILES string of the molecule is CC[n+]1c(-c2ccccc2)c2cc(N)ccc2c2ccc(NNC(N)=O)cc21. The lowest BCUT2D eigenvalue weighted by molar-refractivity contribution is -0.655. The van der Waals surface area contributed by atoms with Crippen LogP contribution in [0.25, 0.3) is 32.9 Å². The molecule has 2 amide bonds. The zero-order chi connectivity index (χ0) is 19.7. The van der Waals surface area contributed by atoms with Gasteiger partial charge in [0.05, 0.1) is 16.5 Å². The second-order valence-corrected chi connectivity index (χ2v) is 6.61. The van der Waals surface area contributed by atoms with Gasteiger partial charge in [-0.15, -0.1) is 0 Å². The summed E-state index contributed by atoms with van der Waals surface area (Å²) in [4.78, 5) is 11.0. The van der Waals surface area contributed by atoms with E-state index in [1.165, 1.54) is 0 Å². The molecule has 0 aliphatic heterocycles. The van der Waals surface area contributed by atoms with Gasteiger partial charge in [-0.3, -0.25) is 10.9 Å². The molecule has 0 aliphatic rings. The molecule has 0 radical (unpaired) electrons. The van der Waals surface area contributed by atoms with Crippen molar-refractivity contribution in [2.75, 3.05) is 11.2 Å². The highest BCUT2D eigenvalue weighted by Gasteiger charge is 2.22. The van der Waals surface area contributed by atoms with Gasteiger partial charge in [0.1, 0.15) is 6.54 Å². The number of carbonyl (C=O) groups excluding carboxylic acids is 1. The molecule has 6 nitrogen and oxygen atoms in total. The lowest BCUT2D eigenvalue weighted by Gasteiger charge is -2.13. The lowest BCUT2D eigenvalue weighted by atomic mass is 9.98. The van der Waals surface area contributed by atoms with Gasteiger partial charge in [-0.2, -0.15) is 4.57 Å². The van der Waals surface area contributed by atoms with E-state index in [1.807, 2.05) is 48.5 Å². The van der Waals surface area contributed by atoms with E-state index in [0.29, 0.717) is 0 Å². The standard InChI is InChI=1S/C22H21N5O/c1-2-27-20-13-16(25-26-22(24)28)9-11-18(20)17-10-8-15(23)12-19(17)21(27)14-6-4-3-5-7-14/h3-13H,2,23H2,1H3,(H3,24,26,28)/p+1. The number of nitrogens with two attached hydrogens (primary N) is 2. The number of hydrazine groups is 1. The molecule has 4 aromatic rings. The van der Waals surface area contributed by atoms with Crippen LogP contribution in [0, 0.1) is 0 Å². The Kier molecular flexibility index (Phi) is 4.45. The summed E-state index contributed by atoms with van der Waals surface area (Å²) in [6.07, 6.45) is 0. The molecule has 4 rings (SSSR count). The van der Waals surface area contributed by atoms with Crippen molar-refractivity contribution in [3.05, 3.63) is 66.7 Å². The summed E-state index contributed by atoms with van der Waals surface area (Å²) in [6, 6.07) is 21.6. The van der Waals surface area contributed by atoms with Crippen LogP contribution in [0.5, 0.6) is 0 Å². The smallest absolute Gasteiger partial charge is 0.330 e. The largest absolute Gasteiger partial charge is 0.399 e. The van der Waals surface area contributed by atoms with E-state index in [2.05, 4.69) is 40.5 Å². The molecule has 140 valence electrons. The second kappa shape index (κ2) is 7.08. The van der Waals surface area contributed by atoms with Crippen LogP contribution in [0.3, 0.4) is 0 Å².